The van der Waals surface area contributed by atoms with Crippen LogP contribution in [0.15, 0.2) is 55.0 Å². The van der Waals surface area contributed by atoms with Gasteiger partial charge >= 0.3 is 0 Å². The molecule has 0 atom stereocenters. The van der Waals surface area contributed by atoms with Crippen LogP contribution in [0.2, 0.25) is 0 Å². The SMILES string of the molecule is COc1c[n+](O)ccc1-c1ccc(NC(=O)CNC(=O)c2ccnn2C)cc1. The molecule has 2 heterocycles. The maximum absolute atomic E-state index is 12.1. The van der Waals surface area contributed by atoms with Crippen molar-refractivity contribution in [3.05, 3.63) is 60.7 Å². The lowest BCUT2D eigenvalue weighted by molar-refractivity contribution is -0.904. The third-order valence-electron chi connectivity index (χ3n) is 4.07. The van der Waals surface area contributed by atoms with E-state index >= 15 is 0 Å². The molecule has 0 saturated heterocycles. The van der Waals surface area contributed by atoms with Gasteiger partial charge in [0.15, 0.2) is 5.75 Å². The number of anilines is 1. The zero-order chi connectivity index (χ0) is 20.1. The van der Waals surface area contributed by atoms with Crippen molar-refractivity contribution in [2.75, 3.05) is 19.0 Å². The van der Waals surface area contributed by atoms with Crippen molar-refractivity contribution in [2.45, 2.75) is 0 Å². The molecule has 0 radical (unpaired) electrons. The summed E-state index contributed by atoms with van der Waals surface area (Å²) in [5.41, 5.74) is 2.63. The first-order chi connectivity index (χ1) is 13.5. The molecule has 3 N–H and O–H groups in total. The monoisotopic (exact) mass is 382 g/mol. The van der Waals surface area contributed by atoms with Gasteiger partial charge in [0, 0.05) is 35.3 Å². The smallest absolute Gasteiger partial charge is 0.269 e. The largest absolute Gasteiger partial charge is 0.490 e. The lowest BCUT2D eigenvalue weighted by Gasteiger charge is -2.09. The molecule has 144 valence electrons. The minimum Gasteiger partial charge on any atom is -0.490 e. The Labute approximate surface area is 161 Å². The van der Waals surface area contributed by atoms with Gasteiger partial charge in [-0.1, -0.05) is 12.1 Å². The topological polar surface area (TPSA) is 109 Å². The minimum absolute atomic E-state index is 0.158. The van der Waals surface area contributed by atoms with E-state index in [4.69, 9.17) is 4.74 Å². The van der Waals surface area contributed by atoms with E-state index in [1.807, 2.05) is 12.1 Å². The summed E-state index contributed by atoms with van der Waals surface area (Å²) >= 11 is 0. The molecular weight excluding hydrogens is 362 g/mol. The number of nitrogens with one attached hydrogen (secondary N) is 2. The lowest BCUT2D eigenvalue weighted by Crippen LogP contribution is -2.33. The Morgan fingerprint density at radius 1 is 1.21 bits per heavy atom. The number of benzene rings is 1. The third-order valence-corrected chi connectivity index (χ3v) is 4.07. The van der Waals surface area contributed by atoms with Crippen molar-refractivity contribution in [2.24, 2.45) is 7.05 Å². The van der Waals surface area contributed by atoms with Crippen molar-refractivity contribution in [1.82, 2.24) is 15.1 Å². The molecule has 0 spiro atoms. The van der Waals surface area contributed by atoms with E-state index in [0.717, 1.165) is 15.9 Å². The molecule has 9 nitrogen and oxygen atoms in total. The second kappa shape index (κ2) is 8.21. The van der Waals surface area contributed by atoms with E-state index in [9.17, 15) is 14.8 Å². The second-order valence-electron chi connectivity index (χ2n) is 5.96. The van der Waals surface area contributed by atoms with Gasteiger partial charge < -0.3 is 15.4 Å². The van der Waals surface area contributed by atoms with Crippen LogP contribution in [-0.4, -0.2) is 40.5 Å². The number of hydrogen-bond acceptors (Lipinski definition) is 5. The van der Waals surface area contributed by atoms with Crippen LogP contribution in [0.4, 0.5) is 5.69 Å². The molecule has 3 rings (SSSR count). The Morgan fingerprint density at radius 2 is 1.96 bits per heavy atom. The van der Waals surface area contributed by atoms with Crippen molar-refractivity contribution in [3.63, 3.8) is 0 Å². The Balaban J connectivity index is 1.60. The molecule has 3 aromatic rings. The third kappa shape index (κ3) is 4.26. The first kappa shape index (κ1) is 18.9. The summed E-state index contributed by atoms with van der Waals surface area (Å²) in [6, 6.07) is 10.4. The van der Waals surface area contributed by atoms with Gasteiger partial charge in [-0.3, -0.25) is 19.5 Å². The van der Waals surface area contributed by atoms with Crippen molar-refractivity contribution < 1.29 is 24.3 Å². The van der Waals surface area contributed by atoms with Crippen LogP contribution in [0, 0.1) is 0 Å². The average molecular weight is 382 g/mol. The molecule has 0 unspecified atom stereocenters. The van der Waals surface area contributed by atoms with E-state index in [1.165, 1.54) is 30.4 Å². The van der Waals surface area contributed by atoms with Gasteiger partial charge in [-0.25, -0.2) is 0 Å². The molecule has 2 amide bonds. The summed E-state index contributed by atoms with van der Waals surface area (Å²) in [6.45, 7) is -0.158. The number of pyridine rings is 1. The Kier molecular flexibility index (Phi) is 5.54. The summed E-state index contributed by atoms with van der Waals surface area (Å²) in [5.74, 6) is -0.204. The first-order valence-electron chi connectivity index (χ1n) is 8.43. The highest BCUT2D eigenvalue weighted by Crippen LogP contribution is 2.28. The van der Waals surface area contributed by atoms with Crippen LogP contribution < -0.4 is 20.1 Å². The fourth-order valence-corrected chi connectivity index (χ4v) is 2.65. The number of nitrogens with zero attached hydrogens (tertiary/aromatic N) is 3. The van der Waals surface area contributed by atoms with Crippen LogP contribution in [0.3, 0.4) is 0 Å². The van der Waals surface area contributed by atoms with E-state index in [0.29, 0.717) is 17.1 Å². The number of rotatable bonds is 6. The van der Waals surface area contributed by atoms with Crippen LogP contribution >= 0.6 is 0 Å². The van der Waals surface area contributed by atoms with Crippen LogP contribution in [0.25, 0.3) is 11.1 Å². The molecule has 0 saturated carbocycles. The van der Waals surface area contributed by atoms with Crippen molar-refractivity contribution in [3.8, 4) is 16.9 Å². The van der Waals surface area contributed by atoms with Crippen LogP contribution in [-0.2, 0) is 11.8 Å². The van der Waals surface area contributed by atoms with E-state index in [2.05, 4.69) is 15.7 Å². The molecule has 9 heteroatoms. The molecule has 0 bridgehead atoms. The zero-order valence-electron chi connectivity index (χ0n) is 15.4. The van der Waals surface area contributed by atoms with Gasteiger partial charge in [0.2, 0.25) is 12.1 Å². The summed E-state index contributed by atoms with van der Waals surface area (Å²) in [7, 11) is 3.17. The Bertz CT molecular complexity index is 998. The van der Waals surface area contributed by atoms with E-state index in [1.54, 1.807) is 31.3 Å². The lowest BCUT2D eigenvalue weighted by atomic mass is 10.1. The molecular formula is C19H20N5O4+. The molecule has 0 aliphatic carbocycles. The number of ether oxygens (including phenoxy) is 1. The number of methoxy groups -OCH3 is 1. The molecule has 0 fully saturated rings. The fourth-order valence-electron chi connectivity index (χ4n) is 2.65. The summed E-state index contributed by atoms with van der Waals surface area (Å²) in [4.78, 5) is 24.1. The number of hydrogen-bond donors (Lipinski definition) is 3. The maximum Gasteiger partial charge on any atom is 0.269 e. The number of amides is 2. The quantitative estimate of drug-likeness (QED) is 0.435. The Morgan fingerprint density at radius 3 is 2.61 bits per heavy atom. The van der Waals surface area contributed by atoms with Gasteiger partial charge in [0.05, 0.1) is 13.7 Å². The molecule has 2 aromatic heterocycles. The Hall–Kier alpha value is -3.88. The average Bonchev–Trinajstić information content (AvgIpc) is 3.13. The summed E-state index contributed by atoms with van der Waals surface area (Å²) in [6.07, 6.45) is 4.47. The zero-order valence-corrected chi connectivity index (χ0v) is 15.4. The van der Waals surface area contributed by atoms with Gasteiger partial charge in [-0.2, -0.15) is 5.10 Å². The van der Waals surface area contributed by atoms with Crippen molar-refractivity contribution >= 4 is 17.5 Å². The van der Waals surface area contributed by atoms with Gasteiger partial charge in [-0.15, -0.1) is 0 Å². The number of aromatic nitrogens is 3. The number of carbonyl (C=O) groups is 2. The van der Waals surface area contributed by atoms with Crippen molar-refractivity contribution in [1.29, 1.82) is 0 Å². The molecule has 1 aromatic carbocycles. The summed E-state index contributed by atoms with van der Waals surface area (Å²) < 4.78 is 7.62. The highest BCUT2D eigenvalue weighted by atomic mass is 16.5. The normalized spacial score (nSPS) is 10.4. The van der Waals surface area contributed by atoms with Crippen LogP contribution in [0.1, 0.15) is 10.5 Å². The second-order valence-corrected chi connectivity index (χ2v) is 5.96. The highest BCUT2D eigenvalue weighted by molar-refractivity contribution is 5.98. The minimum atomic E-state index is -0.372. The molecule has 28 heavy (non-hydrogen) atoms. The maximum atomic E-state index is 12.1. The number of carbonyl (C=O) groups excluding carboxylic acids is 2. The van der Waals surface area contributed by atoms with E-state index < -0.39 is 0 Å². The first-order valence-corrected chi connectivity index (χ1v) is 8.43. The standard InChI is InChI=1S/C19H19N5O4/c1-23-16(7-9-21-23)19(26)20-11-18(25)22-14-5-3-13(4-6-14)15-8-10-24(27)12-17(15)28-2/h3-10,12,27H,11H2,1-2H3,(H,20,26)/p+1. The van der Waals surface area contributed by atoms with Gasteiger partial charge in [0.1, 0.15) is 5.69 Å². The van der Waals surface area contributed by atoms with Crippen LogP contribution in [0.5, 0.6) is 5.75 Å². The van der Waals surface area contributed by atoms with E-state index in [-0.39, 0.29) is 18.4 Å². The number of aryl methyl sites for hydroxylation is 1. The van der Waals surface area contributed by atoms with Gasteiger partial charge in [-0.05, 0) is 23.8 Å². The highest BCUT2D eigenvalue weighted by Gasteiger charge is 2.13. The molecule has 0 aliphatic heterocycles. The van der Waals surface area contributed by atoms with Gasteiger partial charge in [0.25, 0.3) is 12.1 Å². The predicted molar refractivity (Wildman–Crippen MR) is 100.0 cm³/mol. The predicted octanol–water partition coefficient (Wildman–Crippen LogP) is 0.989. The molecule has 0 aliphatic rings. The fraction of sp³-hybridized carbons (Fsp3) is 0.158. The summed E-state index contributed by atoms with van der Waals surface area (Å²) in [5, 5.41) is 18.7.